The van der Waals surface area contributed by atoms with Crippen molar-refractivity contribution in [3.8, 4) is 0 Å². The van der Waals surface area contributed by atoms with Crippen LogP contribution in [0.5, 0.6) is 0 Å². The molecule has 1 fully saturated rings. The van der Waals surface area contributed by atoms with E-state index in [9.17, 15) is 4.79 Å². The first-order valence-corrected chi connectivity index (χ1v) is 6.24. The van der Waals surface area contributed by atoms with Crippen LogP contribution in [-0.4, -0.2) is 30.4 Å². The monoisotopic (exact) mass is 236 g/mol. The normalized spacial score (nSPS) is 16.6. The lowest BCUT2D eigenvalue weighted by Gasteiger charge is -2.17. The molecule has 0 bridgehead atoms. The Kier molecular flexibility index (Phi) is 4.20. The molecule has 1 saturated carbocycles. The third-order valence-electron chi connectivity index (χ3n) is 3.14. The molecule has 4 heteroatoms. The minimum atomic E-state index is 0.117. The van der Waals surface area contributed by atoms with E-state index in [1.165, 1.54) is 12.8 Å². The first-order valence-electron chi connectivity index (χ1n) is 6.24. The Morgan fingerprint density at radius 2 is 2.29 bits per heavy atom. The molecule has 0 radical (unpaired) electrons. The number of carbonyl (C=O) groups is 1. The summed E-state index contributed by atoms with van der Waals surface area (Å²) in [5.74, 6) is 1.01. The molecule has 17 heavy (non-hydrogen) atoms. The van der Waals surface area contributed by atoms with E-state index in [1.54, 1.807) is 6.26 Å². The highest BCUT2D eigenvalue weighted by Gasteiger charge is 2.17. The van der Waals surface area contributed by atoms with Gasteiger partial charge in [-0.25, -0.2) is 0 Å². The standard InChI is InChI=1S/C13H20N2O2/c1-15(9-12-7-4-8-17-12)10-13(16)14-11-5-2-3-6-11/h4,7-8,11H,2-3,5-6,9-10H2,1H3,(H,14,16). The van der Waals surface area contributed by atoms with E-state index in [1.807, 2.05) is 24.1 Å². The van der Waals surface area contributed by atoms with Crippen LogP contribution in [0.4, 0.5) is 0 Å². The molecule has 0 unspecified atom stereocenters. The Labute approximate surface area is 102 Å². The largest absolute Gasteiger partial charge is 0.468 e. The van der Waals surface area contributed by atoms with Gasteiger partial charge in [-0.05, 0) is 32.0 Å². The summed E-state index contributed by atoms with van der Waals surface area (Å²) in [6.07, 6.45) is 6.41. The third-order valence-corrected chi connectivity index (χ3v) is 3.14. The molecular weight excluding hydrogens is 216 g/mol. The summed E-state index contributed by atoms with van der Waals surface area (Å²) in [6, 6.07) is 4.19. The zero-order chi connectivity index (χ0) is 12.1. The summed E-state index contributed by atoms with van der Waals surface area (Å²) in [7, 11) is 1.93. The van der Waals surface area contributed by atoms with Crippen LogP contribution in [0.25, 0.3) is 0 Å². The van der Waals surface area contributed by atoms with Crippen molar-refractivity contribution >= 4 is 5.91 Å². The van der Waals surface area contributed by atoms with Crippen molar-refractivity contribution in [1.82, 2.24) is 10.2 Å². The van der Waals surface area contributed by atoms with Gasteiger partial charge >= 0.3 is 0 Å². The molecule has 2 rings (SSSR count). The molecule has 1 amide bonds. The second-order valence-corrected chi connectivity index (χ2v) is 4.80. The molecule has 94 valence electrons. The highest BCUT2D eigenvalue weighted by molar-refractivity contribution is 5.78. The van der Waals surface area contributed by atoms with Crippen LogP contribution >= 0.6 is 0 Å². The van der Waals surface area contributed by atoms with E-state index in [-0.39, 0.29) is 5.91 Å². The molecule has 1 aliphatic carbocycles. The van der Waals surface area contributed by atoms with Gasteiger partial charge in [0, 0.05) is 6.04 Å². The molecular formula is C13H20N2O2. The van der Waals surface area contributed by atoms with Crippen molar-refractivity contribution in [3.05, 3.63) is 24.2 Å². The van der Waals surface area contributed by atoms with Crippen molar-refractivity contribution in [2.75, 3.05) is 13.6 Å². The van der Waals surface area contributed by atoms with Gasteiger partial charge in [-0.1, -0.05) is 12.8 Å². The Morgan fingerprint density at radius 3 is 2.94 bits per heavy atom. The maximum atomic E-state index is 11.8. The maximum Gasteiger partial charge on any atom is 0.234 e. The molecule has 1 aromatic heterocycles. The van der Waals surface area contributed by atoms with Crippen LogP contribution in [0.3, 0.4) is 0 Å². The smallest absolute Gasteiger partial charge is 0.234 e. The van der Waals surface area contributed by atoms with Crippen molar-refractivity contribution in [2.24, 2.45) is 0 Å². The second kappa shape index (κ2) is 5.87. The summed E-state index contributed by atoms with van der Waals surface area (Å²) >= 11 is 0. The molecule has 0 aromatic carbocycles. The van der Waals surface area contributed by atoms with Gasteiger partial charge in [0.2, 0.25) is 5.91 Å². The fourth-order valence-corrected chi connectivity index (χ4v) is 2.31. The first kappa shape index (κ1) is 12.2. The minimum absolute atomic E-state index is 0.117. The minimum Gasteiger partial charge on any atom is -0.468 e. The molecule has 0 aliphatic heterocycles. The Morgan fingerprint density at radius 1 is 1.53 bits per heavy atom. The maximum absolute atomic E-state index is 11.8. The van der Waals surface area contributed by atoms with E-state index in [0.29, 0.717) is 19.1 Å². The van der Waals surface area contributed by atoms with Crippen molar-refractivity contribution in [3.63, 3.8) is 0 Å². The number of hydrogen-bond acceptors (Lipinski definition) is 3. The van der Waals surface area contributed by atoms with Gasteiger partial charge in [-0.2, -0.15) is 0 Å². The van der Waals surface area contributed by atoms with E-state index in [0.717, 1.165) is 18.6 Å². The predicted molar refractivity (Wildman–Crippen MR) is 65.4 cm³/mol. The lowest BCUT2D eigenvalue weighted by molar-refractivity contribution is -0.122. The average molecular weight is 236 g/mol. The first-order chi connectivity index (χ1) is 8.24. The van der Waals surface area contributed by atoms with E-state index >= 15 is 0 Å². The summed E-state index contributed by atoms with van der Waals surface area (Å²) in [6.45, 7) is 1.10. The zero-order valence-corrected chi connectivity index (χ0v) is 10.3. The summed E-state index contributed by atoms with van der Waals surface area (Å²) in [5.41, 5.74) is 0. The summed E-state index contributed by atoms with van der Waals surface area (Å²) in [4.78, 5) is 13.7. The van der Waals surface area contributed by atoms with Gasteiger partial charge in [-0.3, -0.25) is 9.69 Å². The van der Waals surface area contributed by atoms with Crippen LogP contribution in [0.2, 0.25) is 0 Å². The SMILES string of the molecule is CN(CC(=O)NC1CCCC1)Cc1ccco1. The van der Waals surface area contributed by atoms with Crippen LogP contribution in [0.1, 0.15) is 31.4 Å². The average Bonchev–Trinajstić information content (AvgIpc) is 2.90. The van der Waals surface area contributed by atoms with Gasteiger partial charge in [0.25, 0.3) is 0 Å². The number of nitrogens with one attached hydrogen (secondary N) is 1. The molecule has 1 aliphatic rings. The third kappa shape index (κ3) is 3.89. The Bertz CT molecular complexity index is 342. The van der Waals surface area contributed by atoms with Gasteiger partial charge in [0.15, 0.2) is 0 Å². The molecule has 0 saturated heterocycles. The van der Waals surface area contributed by atoms with Gasteiger partial charge < -0.3 is 9.73 Å². The number of rotatable bonds is 5. The molecule has 1 aromatic rings. The number of likely N-dealkylation sites (N-methyl/N-ethyl adjacent to an activating group) is 1. The summed E-state index contributed by atoms with van der Waals surface area (Å²) < 4.78 is 5.25. The highest BCUT2D eigenvalue weighted by Crippen LogP contribution is 2.17. The van der Waals surface area contributed by atoms with E-state index in [2.05, 4.69) is 5.32 Å². The van der Waals surface area contributed by atoms with Gasteiger partial charge in [0.1, 0.15) is 5.76 Å². The number of amides is 1. The van der Waals surface area contributed by atoms with E-state index < -0.39 is 0 Å². The fourth-order valence-electron chi connectivity index (χ4n) is 2.31. The molecule has 1 N–H and O–H groups in total. The van der Waals surface area contributed by atoms with Crippen LogP contribution < -0.4 is 5.32 Å². The lowest BCUT2D eigenvalue weighted by Crippen LogP contribution is -2.39. The Hall–Kier alpha value is -1.29. The van der Waals surface area contributed by atoms with Crippen LogP contribution in [0.15, 0.2) is 22.8 Å². The summed E-state index contributed by atoms with van der Waals surface area (Å²) in [5, 5.41) is 3.08. The van der Waals surface area contributed by atoms with Crippen molar-refractivity contribution < 1.29 is 9.21 Å². The highest BCUT2D eigenvalue weighted by atomic mass is 16.3. The topological polar surface area (TPSA) is 45.5 Å². The number of carbonyl (C=O) groups excluding carboxylic acids is 1. The quantitative estimate of drug-likeness (QED) is 0.847. The van der Waals surface area contributed by atoms with Gasteiger partial charge in [0.05, 0.1) is 19.4 Å². The van der Waals surface area contributed by atoms with E-state index in [4.69, 9.17) is 4.42 Å². The molecule has 0 atom stereocenters. The van der Waals surface area contributed by atoms with Crippen molar-refractivity contribution in [1.29, 1.82) is 0 Å². The van der Waals surface area contributed by atoms with Crippen LogP contribution in [-0.2, 0) is 11.3 Å². The fraction of sp³-hybridized carbons (Fsp3) is 0.615. The number of furan rings is 1. The van der Waals surface area contributed by atoms with Crippen molar-refractivity contribution in [2.45, 2.75) is 38.3 Å². The molecule has 4 nitrogen and oxygen atoms in total. The molecule has 0 spiro atoms. The second-order valence-electron chi connectivity index (χ2n) is 4.80. The lowest BCUT2D eigenvalue weighted by atomic mass is 10.2. The predicted octanol–water partition coefficient (Wildman–Crippen LogP) is 1.77. The zero-order valence-electron chi connectivity index (χ0n) is 10.3. The molecule has 1 heterocycles. The van der Waals surface area contributed by atoms with Gasteiger partial charge in [-0.15, -0.1) is 0 Å². The number of nitrogens with zero attached hydrogens (tertiary/aromatic N) is 1. The Balaban J connectivity index is 1.70. The van der Waals surface area contributed by atoms with Crippen LogP contribution in [0, 0.1) is 0 Å². The number of hydrogen-bond donors (Lipinski definition) is 1.